The Hall–Kier alpha value is -1.47. The van der Waals surface area contributed by atoms with Crippen molar-refractivity contribution >= 4 is 18.1 Å². The second-order valence-electron chi connectivity index (χ2n) is 8.73. The zero-order valence-electron chi connectivity index (χ0n) is 17.3. The summed E-state index contributed by atoms with van der Waals surface area (Å²) in [6.07, 6.45) is 7.48. The molecule has 0 saturated heterocycles. The second kappa shape index (κ2) is 11.4. The summed E-state index contributed by atoms with van der Waals surface area (Å²) in [7, 11) is 0. The Morgan fingerprint density at radius 1 is 1.15 bits per heavy atom. The molecule has 1 fully saturated rings. The molecule has 156 valence electrons. The number of carbonyl (C=O) groups excluding carboxylic acids is 3. The van der Waals surface area contributed by atoms with Crippen molar-refractivity contribution in [2.45, 2.75) is 96.3 Å². The van der Waals surface area contributed by atoms with Crippen molar-refractivity contribution < 1.29 is 14.4 Å². The topological polar surface area (TPSA) is 113 Å². The summed E-state index contributed by atoms with van der Waals surface area (Å²) in [6.45, 7) is 8.29. The number of amides is 2. The molecule has 0 aromatic carbocycles. The first-order valence-electron chi connectivity index (χ1n) is 10.2. The predicted octanol–water partition coefficient (Wildman–Crippen LogP) is 1.25. The second-order valence-corrected chi connectivity index (χ2v) is 8.73. The number of nitrogens with one attached hydrogen (secondary N) is 3. The number of hydrogen-bond donors (Lipinski definition) is 4. The van der Waals surface area contributed by atoms with E-state index < -0.39 is 12.1 Å². The van der Waals surface area contributed by atoms with Gasteiger partial charge < -0.3 is 26.5 Å². The normalized spacial score (nSPS) is 19.0. The molecule has 0 aromatic heterocycles. The van der Waals surface area contributed by atoms with Crippen LogP contribution in [0.15, 0.2) is 0 Å². The van der Waals surface area contributed by atoms with Crippen LogP contribution in [0.5, 0.6) is 0 Å². The zero-order chi connectivity index (χ0) is 20.4. The summed E-state index contributed by atoms with van der Waals surface area (Å²) >= 11 is 0. The molecule has 1 aliphatic carbocycles. The van der Waals surface area contributed by atoms with Gasteiger partial charge in [0, 0.05) is 12.1 Å². The van der Waals surface area contributed by atoms with Gasteiger partial charge in [0.1, 0.15) is 12.3 Å². The maximum absolute atomic E-state index is 12.9. The smallest absolute Gasteiger partial charge is 0.242 e. The van der Waals surface area contributed by atoms with E-state index in [1.54, 1.807) is 6.92 Å². The molecule has 7 nitrogen and oxygen atoms in total. The summed E-state index contributed by atoms with van der Waals surface area (Å²) in [4.78, 5) is 35.6. The molecule has 1 rings (SSSR count). The van der Waals surface area contributed by atoms with Crippen molar-refractivity contribution in [3.63, 3.8) is 0 Å². The molecule has 5 N–H and O–H groups in total. The van der Waals surface area contributed by atoms with Crippen LogP contribution in [0.2, 0.25) is 0 Å². The van der Waals surface area contributed by atoms with Crippen LogP contribution >= 0.6 is 0 Å². The third-order valence-electron chi connectivity index (χ3n) is 4.93. The quantitative estimate of drug-likeness (QED) is 0.335. The Morgan fingerprint density at radius 3 is 2.33 bits per heavy atom. The van der Waals surface area contributed by atoms with Crippen LogP contribution < -0.4 is 21.7 Å². The van der Waals surface area contributed by atoms with Gasteiger partial charge in [-0.05, 0) is 59.3 Å². The van der Waals surface area contributed by atoms with E-state index >= 15 is 0 Å². The van der Waals surface area contributed by atoms with Gasteiger partial charge in [-0.25, -0.2) is 0 Å². The number of rotatable bonds is 10. The molecule has 0 aromatic rings. The molecule has 3 unspecified atom stereocenters. The van der Waals surface area contributed by atoms with Crippen LogP contribution in [-0.2, 0) is 14.4 Å². The number of nitrogens with two attached hydrogens (primary N) is 1. The van der Waals surface area contributed by atoms with Crippen LogP contribution in [-0.4, -0.2) is 48.3 Å². The van der Waals surface area contributed by atoms with E-state index in [9.17, 15) is 14.4 Å². The van der Waals surface area contributed by atoms with Gasteiger partial charge in [-0.2, -0.15) is 0 Å². The molecule has 27 heavy (non-hydrogen) atoms. The predicted molar refractivity (Wildman–Crippen MR) is 107 cm³/mol. The largest absolute Gasteiger partial charge is 0.354 e. The van der Waals surface area contributed by atoms with E-state index in [-0.39, 0.29) is 23.4 Å². The van der Waals surface area contributed by atoms with Gasteiger partial charge in [0.15, 0.2) is 0 Å². The minimum atomic E-state index is -0.606. The van der Waals surface area contributed by atoms with Crippen molar-refractivity contribution in [1.82, 2.24) is 16.0 Å². The first-order valence-corrected chi connectivity index (χ1v) is 10.2. The minimum Gasteiger partial charge on any atom is -0.354 e. The highest BCUT2D eigenvalue weighted by Crippen LogP contribution is 2.27. The Bertz CT molecular complexity index is 484. The van der Waals surface area contributed by atoms with Crippen molar-refractivity contribution in [3.05, 3.63) is 0 Å². The Labute approximate surface area is 163 Å². The molecular weight excluding hydrogens is 344 g/mol. The molecule has 2 amide bonds. The summed E-state index contributed by atoms with van der Waals surface area (Å²) in [5.74, 6) is -0.0262. The molecule has 0 radical (unpaired) electrons. The molecule has 3 atom stereocenters. The van der Waals surface area contributed by atoms with Gasteiger partial charge in [0.05, 0.1) is 12.1 Å². The third-order valence-corrected chi connectivity index (χ3v) is 4.93. The molecule has 7 heteroatoms. The highest BCUT2D eigenvalue weighted by Gasteiger charge is 2.33. The fourth-order valence-corrected chi connectivity index (χ4v) is 3.47. The molecule has 1 saturated carbocycles. The van der Waals surface area contributed by atoms with Gasteiger partial charge >= 0.3 is 0 Å². The summed E-state index contributed by atoms with van der Waals surface area (Å²) in [5.41, 5.74) is 5.35. The molecule has 0 aliphatic heterocycles. The van der Waals surface area contributed by atoms with Gasteiger partial charge in [-0.15, -0.1) is 0 Å². The fraction of sp³-hybridized carbons (Fsp3) is 0.850. The van der Waals surface area contributed by atoms with E-state index in [2.05, 4.69) is 36.7 Å². The first-order chi connectivity index (χ1) is 12.6. The molecule has 1 aliphatic rings. The monoisotopic (exact) mass is 382 g/mol. The lowest BCUT2D eigenvalue weighted by atomic mass is 9.82. The van der Waals surface area contributed by atoms with Crippen molar-refractivity contribution in [1.29, 1.82) is 0 Å². The lowest BCUT2D eigenvalue weighted by molar-refractivity contribution is -0.131. The van der Waals surface area contributed by atoms with Crippen molar-refractivity contribution in [2.75, 3.05) is 6.54 Å². The van der Waals surface area contributed by atoms with Gasteiger partial charge in [0.25, 0.3) is 0 Å². The Balaban J connectivity index is 2.54. The summed E-state index contributed by atoms with van der Waals surface area (Å²) < 4.78 is 0. The van der Waals surface area contributed by atoms with E-state index in [4.69, 9.17) is 5.73 Å². The van der Waals surface area contributed by atoms with E-state index in [1.807, 2.05) is 0 Å². The van der Waals surface area contributed by atoms with Crippen molar-refractivity contribution in [3.8, 4) is 0 Å². The van der Waals surface area contributed by atoms with Crippen LogP contribution in [0.3, 0.4) is 0 Å². The zero-order valence-corrected chi connectivity index (χ0v) is 17.3. The van der Waals surface area contributed by atoms with Gasteiger partial charge in [0.2, 0.25) is 11.8 Å². The number of carbonyl (C=O) groups is 3. The average molecular weight is 383 g/mol. The number of hydrogen-bond acceptors (Lipinski definition) is 5. The van der Waals surface area contributed by atoms with Gasteiger partial charge in [-0.3, -0.25) is 9.59 Å². The fourth-order valence-electron chi connectivity index (χ4n) is 3.47. The number of aldehydes is 1. The van der Waals surface area contributed by atoms with E-state index in [0.717, 1.165) is 25.7 Å². The van der Waals surface area contributed by atoms with Crippen molar-refractivity contribution in [2.24, 2.45) is 11.7 Å². The lowest BCUT2D eigenvalue weighted by Gasteiger charge is -2.35. The van der Waals surface area contributed by atoms with Crippen LogP contribution in [0.4, 0.5) is 0 Å². The molecule has 0 spiro atoms. The molecule has 0 bridgehead atoms. The molecule has 0 heterocycles. The van der Waals surface area contributed by atoms with E-state index in [0.29, 0.717) is 31.6 Å². The third kappa shape index (κ3) is 9.33. The summed E-state index contributed by atoms with van der Waals surface area (Å²) in [5, 5.41) is 9.11. The Kier molecular flexibility index (Phi) is 9.94. The molecular formula is C20H38N4O3. The maximum Gasteiger partial charge on any atom is 0.242 e. The maximum atomic E-state index is 12.9. The SMILES string of the molecule is CC(NC(=O)C(NC(C)(C)C)C1CCCCC1)C(=O)NCCCC(N)C=O. The first kappa shape index (κ1) is 23.6. The minimum absolute atomic E-state index is 0.109. The average Bonchev–Trinajstić information content (AvgIpc) is 2.62. The van der Waals surface area contributed by atoms with E-state index in [1.165, 1.54) is 6.42 Å². The highest BCUT2D eigenvalue weighted by atomic mass is 16.2. The Morgan fingerprint density at radius 2 is 1.78 bits per heavy atom. The highest BCUT2D eigenvalue weighted by molar-refractivity contribution is 5.89. The van der Waals surface area contributed by atoms with Gasteiger partial charge in [-0.1, -0.05) is 19.3 Å². The standard InChI is InChI=1S/C20H38N4O3/c1-14(18(26)22-12-8-11-16(21)13-25)23-19(27)17(24-20(2,3)4)15-9-6-5-7-10-15/h13-17,24H,5-12,21H2,1-4H3,(H,22,26)(H,23,27). The summed E-state index contributed by atoms with van der Waals surface area (Å²) in [6, 6.07) is -1.38. The van der Waals surface area contributed by atoms with Crippen LogP contribution in [0.1, 0.15) is 72.6 Å². The van der Waals surface area contributed by atoms with Crippen LogP contribution in [0, 0.1) is 5.92 Å². The van der Waals surface area contributed by atoms with Crippen LogP contribution in [0.25, 0.3) is 0 Å². The lowest BCUT2D eigenvalue weighted by Crippen LogP contribution is -2.58.